The van der Waals surface area contributed by atoms with E-state index >= 15 is 0 Å². The molecule has 1 aromatic heterocycles. The molecule has 0 spiro atoms. The predicted octanol–water partition coefficient (Wildman–Crippen LogP) is 2.86. The molecule has 0 fully saturated rings. The van der Waals surface area contributed by atoms with Gasteiger partial charge in [-0.2, -0.15) is 0 Å². The highest BCUT2D eigenvalue weighted by atomic mass is 79.9. The number of aromatic nitrogens is 2. The molecule has 0 atom stereocenters. The van der Waals surface area contributed by atoms with Gasteiger partial charge < -0.3 is 9.30 Å². The van der Waals surface area contributed by atoms with Gasteiger partial charge in [-0.05, 0) is 34.1 Å². The van der Waals surface area contributed by atoms with Gasteiger partial charge in [0.25, 0.3) is 0 Å². The van der Waals surface area contributed by atoms with Crippen LogP contribution in [0.1, 0.15) is 0 Å². The lowest BCUT2D eigenvalue weighted by atomic mass is 10.3. The quantitative estimate of drug-likeness (QED) is 0.863. The first-order valence-corrected chi connectivity index (χ1v) is 5.58. The van der Waals surface area contributed by atoms with Gasteiger partial charge in [0.05, 0.1) is 17.3 Å². The Hall–Kier alpha value is -1.36. The number of ether oxygens (including phenoxy) is 1. The smallest absolute Gasteiger partial charge is 0.133 e. The zero-order valence-electron chi connectivity index (χ0n) is 8.44. The Labute approximate surface area is 101 Å². The lowest BCUT2D eigenvalue weighted by molar-refractivity contribution is 0.296. The molecule has 0 unspecified atom stereocenters. The Bertz CT molecular complexity index is 459. The molecule has 84 valence electrons. The molecule has 0 amide bonds. The lowest BCUT2D eigenvalue weighted by Crippen LogP contribution is -2.06. The van der Waals surface area contributed by atoms with Gasteiger partial charge in [-0.3, -0.25) is 0 Å². The monoisotopic (exact) mass is 284 g/mol. The van der Waals surface area contributed by atoms with Crippen molar-refractivity contribution in [1.82, 2.24) is 9.55 Å². The van der Waals surface area contributed by atoms with Crippen LogP contribution in [0.25, 0.3) is 0 Å². The first-order valence-electron chi connectivity index (χ1n) is 4.79. The third-order valence-electron chi connectivity index (χ3n) is 2.06. The number of hydrogen-bond acceptors (Lipinski definition) is 2. The minimum atomic E-state index is -0.283. The summed E-state index contributed by atoms with van der Waals surface area (Å²) >= 11 is 3.24. The van der Waals surface area contributed by atoms with Crippen LogP contribution in [0.5, 0.6) is 5.75 Å². The largest absolute Gasteiger partial charge is 0.491 e. The standard InChI is InChI=1S/C11H10BrFN2O/c12-10-7-9(13)1-2-11(10)16-6-5-15-4-3-14-8-15/h1-4,7-8H,5-6H2. The van der Waals surface area contributed by atoms with E-state index in [1.165, 1.54) is 12.1 Å². The fourth-order valence-electron chi connectivity index (χ4n) is 1.27. The van der Waals surface area contributed by atoms with E-state index in [-0.39, 0.29) is 5.82 Å². The zero-order valence-corrected chi connectivity index (χ0v) is 10.0. The van der Waals surface area contributed by atoms with Crippen molar-refractivity contribution in [2.24, 2.45) is 0 Å². The van der Waals surface area contributed by atoms with E-state index in [2.05, 4.69) is 20.9 Å². The van der Waals surface area contributed by atoms with Gasteiger partial charge in [0.1, 0.15) is 18.2 Å². The molecule has 5 heteroatoms. The molecule has 0 aliphatic heterocycles. The van der Waals surface area contributed by atoms with E-state index in [1.807, 2.05) is 10.8 Å². The van der Waals surface area contributed by atoms with E-state index in [0.29, 0.717) is 23.4 Å². The van der Waals surface area contributed by atoms with Crippen molar-refractivity contribution in [3.8, 4) is 5.75 Å². The molecular formula is C11H10BrFN2O. The number of halogens is 2. The van der Waals surface area contributed by atoms with Crippen molar-refractivity contribution in [3.05, 3.63) is 47.2 Å². The van der Waals surface area contributed by atoms with Gasteiger partial charge in [-0.15, -0.1) is 0 Å². The SMILES string of the molecule is Fc1ccc(OCCn2ccnc2)c(Br)c1. The summed E-state index contributed by atoms with van der Waals surface area (Å²) in [4.78, 5) is 3.93. The lowest BCUT2D eigenvalue weighted by Gasteiger charge is -2.08. The van der Waals surface area contributed by atoms with Crippen LogP contribution in [0.4, 0.5) is 4.39 Å². The first-order chi connectivity index (χ1) is 7.75. The number of rotatable bonds is 4. The van der Waals surface area contributed by atoms with Crippen LogP contribution < -0.4 is 4.74 Å². The Morgan fingerprint density at radius 1 is 1.44 bits per heavy atom. The predicted molar refractivity (Wildman–Crippen MR) is 61.8 cm³/mol. The molecule has 2 rings (SSSR count). The van der Waals surface area contributed by atoms with Crippen molar-refractivity contribution in [3.63, 3.8) is 0 Å². The molecule has 3 nitrogen and oxygen atoms in total. The van der Waals surface area contributed by atoms with Crippen molar-refractivity contribution < 1.29 is 9.13 Å². The summed E-state index contributed by atoms with van der Waals surface area (Å²) in [7, 11) is 0. The molecule has 0 bridgehead atoms. The summed E-state index contributed by atoms with van der Waals surface area (Å²) in [5, 5.41) is 0. The van der Waals surface area contributed by atoms with Crippen molar-refractivity contribution >= 4 is 15.9 Å². The highest BCUT2D eigenvalue weighted by Gasteiger charge is 2.02. The van der Waals surface area contributed by atoms with Crippen molar-refractivity contribution in [2.75, 3.05) is 6.61 Å². The molecule has 0 aliphatic carbocycles. The third kappa shape index (κ3) is 2.82. The van der Waals surface area contributed by atoms with Crippen LogP contribution in [0.3, 0.4) is 0 Å². The third-order valence-corrected chi connectivity index (χ3v) is 2.68. The summed E-state index contributed by atoms with van der Waals surface area (Å²) in [5.74, 6) is 0.357. The van der Waals surface area contributed by atoms with Crippen LogP contribution in [-0.2, 0) is 6.54 Å². The van der Waals surface area contributed by atoms with E-state index in [9.17, 15) is 4.39 Å². The highest BCUT2D eigenvalue weighted by Crippen LogP contribution is 2.25. The van der Waals surface area contributed by atoms with Crippen molar-refractivity contribution in [1.29, 1.82) is 0 Å². The van der Waals surface area contributed by atoms with Crippen LogP contribution in [0, 0.1) is 5.82 Å². The second-order valence-corrected chi connectivity index (χ2v) is 4.08. The van der Waals surface area contributed by atoms with E-state index in [1.54, 1.807) is 18.6 Å². The fourth-order valence-corrected chi connectivity index (χ4v) is 1.74. The second-order valence-electron chi connectivity index (χ2n) is 3.22. The van der Waals surface area contributed by atoms with Crippen LogP contribution in [-0.4, -0.2) is 16.2 Å². The number of hydrogen-bond donors (Lipinski definition) is 0. The van der Waals surface area contributed by atoms with E-state index in [0.717, 1.165) is 0 Å². The van der Waals surface area contributed by atoms with Gasteiger partial charge in [0, 0.05) is 12.4 Å². The molecular weight excluding hydrogens is 275 g/mol. The molecule has 1 heterocycles. The zero-order chi connectivity index (χ0) is 11.4. The summed E-state index contributed by atoms with van der Waals surface area (Å²) in [6.45, 7) is 1.23. The van der Waals surface area contributed by atoms with E-state index in [4.69, 9.17) is 4.74 Å². The van der Waals surface area contributed by atoms with Gasteiger partial charge in [0.15, 0.2) is 0 Å². The van der Waals surface area contributed by atoms with Gasteiger partial charge in [0.2, 0.25) is 0 Å². The van der Waals surface area contributed by atoms with Gasteiger partial charge in [-0.25, -0.2) is 9.37 Å². The molecule has 0 saturated carbocycles. The molecule has 1 aromatic carbocycles. The fraction of sp³-hybridized carbons (Fsp3) is 0.182. The van der Waals surface area contributed by atoms with Gasteiger partial charge >= 0.3 is 0 Å². The number of nitrogens with zero attached hydrogens (tertiary/aromatic N) is 2. The minimum Gasteiger partial charge on any atom is -0.491 e. The Balaban J connectivity index is 1.90. The summed E-state index contributed by atoms with van der Waals surface area (Å²) in [5.41, 5.74) is 0. The average Bonchev–Trinajstić information content (AvgIpc) is 2.74. The van der Waals surface area contributed by atoms with Crippen LogP contribution in [0.2, 0.25) is 0 Å². The second kappa shape index (κ2) is 5.12. The van der Waals surface area contributed by atoms with Gasteiger partial charge in [-0.1, -0.05) is 0 Å². The summed E-state index contributed by atoms with van der Waals surface area (Å²) in [6, 6.07) is 4.36. The van der Waals surface area contributed by atoms with Crippen molar-refractivity contribution in [2.45, 2.75) is 6.54 Å². The molecule has 2 aromatic rings. The van der Waals surface area contributed by atoms with E-state index < -0.39 is 0 Å². The maximum absolute atomic E-state index is 12.8. The first kappa shape index (κ1) is 11.1. The maximum atomic E-state index is 12.8. The topological polar surface area (TPSA) is 27.1 Å². The Kier molecular flexibility index (Phi) is 3.56. The minimum absolute atomic E-state index is 0.283. The normalized spacial score (nSPS) is 10.4. The highest BCUT2D eigenvalue weighted by molar-refractivity contribution is 9.10. The molecule has 0 saturated heterocycles. The summed E-state index contributed by atoms with van der Waals surface area (Å²) in [6.07, 6.45) is 5.31. The molecule has 0 radical (unpaired) electrons. The molecule has 0 N–H and O–H groups in total. The Morgan fingerprint density at radius 3 is 3.00 bits per heavy atom. The number of imidazole rings is 1. The number of benzene rings is 1. The van der Waals surface area contributed by atoms with Crippen LogP contribution >= 0.6 is 15.9 Å². The van der Waals surface area contributed by atoms with Crippen LogP contribution in [0.15, 0.2) is 41.4 Å². The average molecular weight is 285 g/mol. The summed E-state index contributed by atoms with van der Waals surface area (Å²) < 4.78 is 20.8. The molecule has 16 heavy (non-hydrogen) atoms. The Morgan fingerprint density at radius 2 is 2.31 bits per heavy atom. The maximum Gasteiger partial charge on any atom is 0.133 e. The molecule has 0 aliphatic rings.